The molecule has 0 aliphatic heterocycles. The molecule has 1 rings (SSSR count). The van der Waals surface area contributed by atoms with E-state index < -0.39 is 0 Å². The fourth-order valence-corrected chi connectivity index (χ4v) is 2.48. The lowest BCUT2D eigenvalue weighted by atomic mass is 10.2. The second kappa shape index (κ2) is 8.13. The summed E-state index contributed by atoms with van der Waals surface area (Å²) in [6, 6.07) is 0. The lowest BCUT2D eigenvalue weighted by Crippen LogP contribution is -2.14. The summed E-state index contributed by atoms with van der Waals surface area (Å²) < 4.78 is 0. The van der Waals surface area contributed by atoms with Gasteiger partial charge in [0, 0.05) is 11.9 Å². The highest BCUT2D eigenvalue weighted by Gasteiger charge is 1.96. The van der Waals surface area contributed by atoms with Crippen LogP contribution >= 0.6 is 23.1 Å². The first-order valence-electron chi connectivity index (χ1n) is 5.43. The molecular weight excluding hydrogens is 224 g/mol. The van der Waals surface area contributed by atoms with Gasteiger partial charge in [0.25, 0.3) is 0 Å². The van der Waals surface area contributed by atoms with Gasteiger partial charge in [-0.2, -0.15) is 11.8 Å². The van der Waals surface area contributed by atoms with Crippen molar-refractivity contribution < 1.29 is 0 Å². The smallest absolute Gasteiger partial charge is 0.0897 e. The molecule has 0 spiro atoms. The second-order valence-corrected chi connectivity index (χ2v) is 5.64. The summed E-state index contributed by atoms with van der Waals surface area (Å²) in [4.78, 5) is 4.41. The Hall–Kier alpha value is -0.0600. The molecule has 86 valence electrons. The van der Waals surface area contributed by atoms with Crippen molar-refractivity contribution in [3.05, 3.63) is 16.1 Å². The SMILES string of the molecule is CSCCCCCNCc1csc(C)n1. The highest BCUT2D eigenvalue weighted by Crippen LogP contribution is 2.07. The zero-order chi connectivity index (χ0) is 10.9. The predicted molar refractivity (Wildman–Crippen MR) is 70.8 cm³/mol. The van der Waals surface area contributed by atoms with Crippen LogP contribution < -0.4 is 5.32 Å². The number of unbranched alkanes of at least 4 members (excludes halogenated alkanes) is 2. The zero-order valence-corrected chi connectivity index (χ0v) is 11.2. The molecule has 15 heavy (non-hydrogen) atoms. The van der Waals surface area contributed by atoms with Crippen LogP contribution in [0.3, 0.4) is 0 Å². The van der Waals surface area contributed by atoms with E-state index in [0.29, 0.717) is 0 Å². The average Bonchev–Trinajstić information content (AvgIpc) is 2.63. The molecule has 0 fully saturated rings. The molecule has 2 nitrogen and oxygen atoms in total. The minimum absolute atomic E-state index is 0.923. The number of nitrogens with zero attached hydrogens (tertiary/aromatic N) is 1. The first-order valence-corrected chi connectivity index (χ1v) is 7.71. The van der Waals surface area contributed by atoms with Gasteiger partial charge in [0.05, 0.1) is 10.7 Å². The van der Waals surface area contributed by atoms with Gasteiger partial charge in [0.1, 0.15) is 0 Å². The van der Waals surface area contributed by atoms with E-state index in [-0.39, 0.29) is 0 Å². The van der Waals surface area contributed by atoms with Crippen molar-refractivity contribution in [2.45, 2.75) is 32.7 Å². The Morgan fingerprint density at radius 3 is 2.93 bits per heavy atom. The first kappa shape index (κ1) is 13.0. The van der Waals surface area contributed by atoms with Crippen LogP contribution in [0.2, 0.25) is 0 Å². The minimum atomic E-state index is 0.923. The van der Waals surface area contributed by atoms with Crippen molar-refractivity contribution in [2.75, 3.05) is 18.6 Å². The van der Waals surface area contributed by atoms with Gasteiger partial charge in [-0.05, 0) is 38.3 Å². The molecule has 1 N–H and O–H groups in total. The van der Waals surface area contributed by atoms with E-state index in [1.54, 1.807) is 11.3 Å². The molecular formula is C11H20N2S2. The number of hydrogen-bond donors (Lipinski definition) is 1. The van der Waals surface area contributed by atoms with Crippen molar-refractivity contribution >= 4 is 23.1 Å². The summed E-state index contributed by atoms with van der Waals surface area (Å²) in [6.07, 6.45) is 6.13. The Labute approximate surface area is 101 Å². The average molecular weight is 244 g/mol. The van der Waals surface area contributed by atoms with E-state index in [1.165, 1.54) is 30.7 Å². The van der Waals surface area contributed by atoms with E-state index in [1.807, 2.05) is 11.8 Å². The number of thiazole rings is 1. The molecule has 0 aromatic carbocycles. The number of aryl methyl sites for hydroxylation is 1. The van der Waals surface area contributed by atoms with E-state index in [4.69, 9.17) is 0 Å². The molecule has 0 bridgehead atoms. The van der Waals surface area contributed by atoms with Gasteiger partial charge in [-0.3, -0.25) is 0 Å². The summed E-state index contributed by atoms with van der Waals surface area (Å²) in [5, 5.41) is 6.72. The van der Waals surface area contributed by atoms with Crippen LogP contribution in [0.4, 0.5) is 0 Å². The number of aromatic nitrogens is 1. The zero-order valence-electron chi connectivity index (χ0n) is 9.58. The first-order chi connectivity index (χ1) is 7.33. The highest BCUT2D eigenvalue weighted by atomic mass is 32.2. The van der Waals surface area contributed by atoms with Gasteiger partial charge < -0.3 is 5.32 Å². The molecule has 0 aliphatic carbocycles. The lowest BCUT2D eigenvalue weighted by molar-refractivity contribution is 0.613. The Morgan fingerprint density at radius 1 is 1.40 bits per heavy atom. The number of rotatable bonds is 8. The van der Waals surface area contributed by atoms with E-state index in [0.717, 1.165) is 18.1 Å². The molecule has 0 unspecified atom stereocenters. The molecule has 0 saturated heterocycles. The molecule has 1 aromatic rings. The van der Waals surface area contributed by atoms with E-state index in [2.05, 4.69) is 28.9 Å². The third kappa shape index (κ3) is 6.17. The summed E-state index contributed by atoms with van der Waals surface area (Å²) >= 11 is 3.66. The van der Waals surface area contributed by atoms with Gasteiger partial charge in [0.2, 0.25) is 0 Å². The highest BCUT2D eigenvalue weighted by molar-refractivity contribution is 7.98. The third-order valence-electron chi connectivity index (χ3n) is 2.17. The Morgan fingerprint density at radius 2 is 2.27 bits per heavy atom. The molecule has 0 amide bonds. The number of thioether (sulfide) groups is 1. The van der Waals surface area contributed by atoms with E-state index >= 15 is 0 Å². The van der Waals surface area contributed by atoms with Crippen LogP contribution in [0, 0.1) is 6.92 Å². The minimum Gasteiger partial charge on any atom is -0.311 e. The summed E-state index contributed by atoms with van der Waals surface area (Å²) in [7, 11) is 0. The van der Waals surface area contributed by atoms with Gasteiger partial charge in [-0.25, -0.2) is 4.98 Å². The fourth-order valence-electron chi connectivity index (χ4n) is 1.38. The maximum atomic E-state index is 4.41. The largest absolute Gasteiger partial charge is 0.311 e. The molecule has 0 atom stereocenters. The Balaban J connectivity index is 1.93. The predicted octanol–water partition coefficient (Wildman–Crippen LogP) is 3.07. The third-order valence-corrected chi connectivity index (χ3v) is 3.69. The van der Waals surface area contributed by atoms with Crippen LogP contribution in [0.5, 0.6) is 0 Å². The Kier molecular flexibility index (Phi) is 7.05. The standard InChI is InChI=1S/C11H20N2S2/c1-10-13-11(9-15-10)8-12-6-4-3-5-7-14-2/h9,12H,3-8H2,1-2H3. The number of nitrogens with one attached hydrogen (secondary N) is 1. The molecule has 0 radical (unpaired) electrons. The van der Waals surface area contributed by atoms with Crippen LogP contribution in [0.1, 0.15) is 30.0 Å². The van der Waals surface area contributed by atoms with Crippen LogP contribution in [-0.4, -0.2) is 23.5 Å². The van der Waals surface area contributed by atoms with Crippen LogP contribution in [0.25, 0.3) is 0 Å². The van der Waals surface area contributed by atoms with Gasteiger partial charge in [-0.15, -0.1) is 11.3 Å². The van der Waals surface area contributed by atoms with Crippen molar-refractivity contribution in [1.29, 1.82) is 0 Å². The van der Waals surface area contributed by atoms with Gasteiger partial charge in [-0.1, -0.05) is 6.42 Å². The molecule has 4 heteroatoms. The molecule has 1 heterocycles. The Bertz CT molecular complexity index is 261. The van der Waals surface area contributed by atoms with Crippen LogP contribution in [-0.2, 0) is 6.54 Å². The number of hydrogen-bond acceptors (Lipinski definition) is 4. The molecule has 1 aromatic heterocycles. The monoisotopic (exact) mass is 244 g/mol. The van der Waals surface area contributed by atoms with Crippen molar-refractivity contribution in [3.63, 3.8) is 0 Å². The summed E-state index contributed by atoms with van der Waals surface area (Å²) in [5.41, 5.74) is 1.18. The van der Waals surface area contributed by atoms with Gasteiger partial charge >= 0.3 is 0 Å². The normalized spacial score (nSPS) is 10.8. The van der Waals surface area contributed by atoms with Crippen molar-refractivity contribution in [2.24, 2.45) is 0 Å². The topological polar surface area (TPSA) is 24.9 Å². The quantitative estimate of drug-likeness (QED) is 0.711. The van der Waals surface area contributed by atoms with Crippen molar-refractivity contribution in [3.8, 4) is 0 Å². The fraction of sp³-hybridized carbons (Fsp3) is 0.727. The van der Waals surface area contributed by atoms with Crippen LogP contribution in [0.15, 0.2) is 5.38 Å². The summed E-state index contributed by atoms with van der Waals surface area (Å²) in [5.74, 6) is 1.30. The molecule has 0 aliphatic rings. The molecule has 0 saturated carbocycles. The lowest BCUT2D eigenvalue weighted by Gasteiger charge is -2.02. The van der Waals surface area contributed by atoms with E-state index in [9.17, 15) is 0 Å². The maximum absolute atomic E-state index is 4.41. The second-order valence-electron chi connectivity index (χ2n) is 3.59. The van der Waals surface area contributed by atoms with Gasteiger partial charge in [0.15, 0.2) is 0 Å². The van der Waals surface area contributed by atoms with Crippen molar-refractivity contribution in [1.82, 2.24) is 10.3 Å². The summed E-state index contributed by atoms with van der Waals surface area (Å²) in [6.45, 7) is 4.09. The maximum Gasteiger partial charge on any atom is 0.0897 e.